The lowest BCUT2D eigenvalue weighted by atomic mass is 10.1. The fourth-order valence-corrected chi connectivity index (χ4v) is 1.52. The molecule has 1 aromatic rings. The molecule has 1 aromatic heterocycles. The van der Waals surface area contributed by atoms with Crippen molar-refractivity contribution < 1.29 is 0 Å². The van der Waals surface area contributed by atoms with Crippen molar-refractivity contribution >= 4 is 0 Å². The van der Waals surface area contributed by atoms with Crippen molar-refractivity contribution in [1.82, 2.24) is 14.8 Å². The van der Waals surface area contributed by atoms with Crippen LogP contribution in [0.3, 0.4) is 0 Å². The van der Waals surface area contributed by atoms with Crippen LogP contribution in [0.1, 0.15) is 38.3 Å². The number of hydrogen-bond acceptors (Lipinski definition) is 3. The van der Waals surface area contributed by atoms with Gasteiger partial charge in [0.05, 0.1) is 6.54 Å². The molecule has 1 rings (SSSR count). The minimum Gasteiger partial charge on any atom is -0.324 e. The van der Waals surface area contributed by atoms with E-state index in [0.717, 1.165) is 24.1 Å². The molecule has 0 bridgehead atoms. The topological polar surface area (TPSA) is 56.7 Å². The summed E-state index contributed by atoms with van der Waals surface area (Å²) in [5, 5.41) is 8.04. The Morgan fingerprint density at radius 3 is 2.64 bits per heavy atom. The van der Waals surface area contributed by atoms with Gasteiger partial charge in [-0.25, -0.2) is 0 Å². The first-order valence-electron chi connectivity index (χ1n) is 5.24. The van der Waals surface area contributed by atoms with Crippen LogP contribution in [0.2, 0.25) is 0 Å². The number of hydrogen-bond donors (Lipinski definition) is 1. The zero-order valence-corrected chi connectivity index (χ0v) is 9.32. The number of rotatable bonds is 5. The van der Waals surface area contributed by atoms with E-state index in [1.165, 1.54) is 12.8 Å². The van der Waals surface area contributed by atoms with Crippen LogP contribution in [-0.2, 0) is 13.1 Å². The van der Waals surface area contributed by atoms with E-state index < -0.39 is 0 Å². The molecule has 0 aliphatic rings. The van der Waals surface area contributed by atoms with Gasteiger partial charge >= 0.3 is 0 Å². The van der Waals surface area contributed by atoms with Gasteiger partial charge in [-0.15, -0.1) is 10.2 Å². The molecule has 4 heteroatoms. The molecule has 0 fully saturated rings. The number of aromatic nitrogens is 3. The van der Waals surface area contributed by atoms with E-state index in [9.17, 15) is 0 Å². The Bertz CT molecular complexity index is 278. The molecule has 2 N–H and O–H groups in total. The molecule has 0 atom stereocenters. The molecule has 0 aliphatic heterocycles. The molecule has 0 saturated heterocycles. The van der Waals surface area contributed by atoms with E-state index in [1.54, 1.807) is 0 Å². The molecule has 0 spiro atoms. The van der Waals surface area contributed by atoms with Gasteiger partial charge in [0, 0.05) is 6.54 Å². The van der Waals surface area contributed by atoms with E-state index in [2.05, 4.69) is 28.6 Å². The van der Waals surface area contributed by atoms with Crippen LogP contribution in [0.5, 0.6) is 0 Å². The number of aryl methyl sites for hydroxylation is 1. The third-order valence-electron chi connectivity index (χ3n) is 2.36. The van der Waals surface area contributed by atoms with Crippen LogP contribution < -0.4 is 5.73 Å². The smallest absolute Gasteiger partial charge is 0.146 e. The highest BCUT2D eigenvalue weighted by Crippen LogP contribution is 2.08. The SMILES string of the molecule is Cc1nnc(CN)n1CCCC(C)C. The highest BCUT2D eigenvalue weighted by Gasteiger charge is 2.06. The van der Waals surface area contributed by atoms with Crippen molar-refractivity contribution in [3.05, 3.63) is 11.6 Å². The predicted octanol–water partition coefficient (Wildman–Crippen LogP) is 1.48. The molecule has 0 radical (unpaired) electrons. The number of nitrogens with two attached hydrogens (primary N) is 1. The third kappa shape index (κ3) is 2.80. The van der Waals surface area contributed by atoms with Crippen molar-refractivity contribution in [2.75, 3.05) is 0 Å². The second-order valence-corrected chi connectivity index (χ2v) is 4.06. The highest BCUT2D eigenvalue weighted by molar-refractivity contribution is 4.92. The molecular weight excluding hydrogens is 176 g/mol. The fraction of sp³-hybridized carbons (Fsp3) is 0.800. The standard InChI is InChI=1S/C10H20N4/c1-8(2)5-4-6-14-9(3)12-13-10(14)7-11/h8H,4-7,11H2,1-3H3. The summed E-state index contributed by atoms with van der Waals surface area (Å²) in [5.74, 6) is 2.62. The summed E-state index contributed by atoms with van der Waals surface area (Å²) in [6.45, 7) is 7.92. The zero-order valence-electron chi connectivity index (χ0n) is 9.32. The normalized spacial score (nSPS) is 11.2. The van der Waals surface area contributed by atoms with Gasteiger partial charge in [0.15, 0.2) is 0 Å². The van der Waals surface area contributed by atoms with Gasteiger partial charge in [0.2, 0.25) is 0 Å². The Morgan fingerprint density at radius 2 is 2.07 bits per heavy atom. The molecule has 1 heterocycles. The van der Waals surface area contributed by atoms with Crippen LogP contribution in [-0.4, -0.2) is 14.8 Å². The molecule has 14 heavy (non-hydrogen) atoms. The monoisotopic (exact) mass is 196 g/mol. The maximum atomic E-state index is 5.57. The van der Waals surface area contributed by atoms with Crippen LogP contribution >= 0.6 is 0 Å². The van der Waals surface area contributed by atoms with E-state index in [4.69, 9.17) is 5.73 Å². The predicted molar refractivity (Wildman–Crippen MR) is 56.7 cm³/mol. The maximum absolute atomic E-state index is 5.57. The molecular formula is C10H20N4. The Morgan fingerprint density at radius 1 is 1.36 bits per heavy atom. The first-order chi connectivity index (χ1) is 6.65. The molecule has 0 unspecified atom stereocenters. The minimum atomic E-state index is 0.475. The minimum absolute atomic E-state index is 0.475. The summed E-state index contributed by atoms with van der Waals surface area (Å²) < 4.78 is 2.11. The van der Waals surface area contributed by atoms with Gasteiger partial charge in [-0.05, 0) is 25.7 Å². The average Bonchev–Trinajstić information content (AvgIpc) is 2.47. The Labute approximate surface area is 85.5 Å². The van der Waals surface area contributed by atoms with Crippen LogP contribution in [0.15, 0.2) is 0 Å². The van der Waals surface area contributed by atoms with Gasteiger partial charge in [0.25, 0.3) is 0 Å². The summed E-state index contributed by atoms with van der Waals surface area (Å²) in [6.07, 6.45) is 2.41. The van der Waals surface area contributed by atoms with Crippen molar-refractivity contribution in [1.29, 1.82) is 0 Å². The van der Waals surface area contributed by atoms with Gasteiger partial charge in [-0.2, -0.15) is 0 Å². The first kappa shape index (κ1) is 11.2. The Kier molecular flexibility index (Phi) is 4.07. The molecule has 0 amide bonds. The highest BCUT2D eigenvalue weighted by atomic mass is 15.3. The fourth-order valence-electron chi connectivity index (χ4n) is 1.52. The second-order valence-electron chi connectivity index (χ2n) is 4.06. The average molecular weight is 196 g/mol. The van der Waals surface area contributed by atoms with E-state index >= 15 is 0 Å². The van der Waals surface area contributed by atoms with Gasteiger partial charge in [-0.3, -0.25) is 0 Å². The molecule has 0 aliphatic carbocycles. The molecule has 4 nitrogen and oxygen atoms in total. The largest absolute Gasteiger partial charge is 0.324 e. The van der Waals surface area contributed by atoms with Gasteiger partial charge in [0.1, 0.15) is 11.6 Å². The van der Waals surface area contributed by atoms with Crippen molar-refractivity contribution in [2.45, 2.75) is 46.7 Å². The molecule has 80 valence electrons. The quantitative estimate of drug-likeness (QED) is 0.776. The van der Waals surface area contributed by atoms with Crippen molar-refractivity contribution in [3.63, 3.8) is 0 Å². The van der Waals surface area contributed by atoms with Crippen molar-refractivity contribution in [3.8, 4) is 0 Å². The summed E-state index contributed by atoms with van der Waals surface area (Å²) in [5.41, 5.74) is 5.57. The second kappa shape index (κ2) is 5.10. The summed E-state index contributed by atoms with van der Waals surface area (Å²) in [4.78, 5) is 0. The van der Waals surface area contributed by atoms with Crippen LogP contribution in [0, 0.1) is 12.8 Å². The van der Waals surface area contributed by atoms with E-state index in [-0.39, 0.29) is 0 Å². The van der Waals surface area contributed by atoms with Gasteiger partial charge < -0.3 is 10.3 Å². The number of nitrogens with zero attached hydrogens (tertiary/aromatic N) is 3. The van der Waals surface area contributed by atoms with E-state index in [1.807, 2.05) is 6.92 Å². The lowest BCUT2D eigenvalue weighted by Gasteiger charge is -2.08. The van der Waals surface area contributed by atoms with Crippen LogP contribution in [0.25, 0.3) is 0 Å². The Balaban J connectivity index is 2.52. The zero-order chi connectivity index (χ0) is 10.6. The summed E-state index contributed by atoms with van der Waals surface area (Å²) in [6, 6.07) is 0. The van der Waals surface area contributed by atoms with Gasteiger partial charge in [-0.1, -0.05) is 13.8 Å². The summed E-state index contributed by atoms with van der Waals surface area (Å²) >= 11 is 0. The summed E-state index contributed by atoms with van der Waals surface area (Å²) in [7, 11) is 0. The third-order valence-corrected chi connectivity index (χ3v) is 2.36. The van der Waals surface area contributed by atoms with Crippen molar-refractivity contribution in [2.24, 2.45) is 11.7 Å². The molecule has 0 saturated carbocycles. The first-order valence-corrected chi connectivity index (χ1v) is 5.24. The molecule has 0 aromatic carbocycles. The maximum Gasteiger partial charge on any atom is 0.146 e. The Hall–Kier alpha value is -0.900. The van der Waals surface area contributed by atoms with Crippen LogP contribution in [0.4, 0.5) is 0 Å². The lowest BCUT2D eigenvalue weighted by molar-refractivity contribution is 0.499. The van der Waals surface area contributed by atoms with E-state index in [0.29, 0.717) is 6.54 Å². The lowest BCUT2D eigenvalue weighted by Crippen LogP contribution is -2.10.